The van der Waals surface area contributed by atoms with Crippen LogP contribution in [0.2, 0.25) is 0 Å². The third kappa shape index (κ3) is 1.83. The molecule has 0 heteroatoms. The van der Waals surface area contributed by atoms with E-state index in [1.807, 2.05) is 0 Å². The predicted octanol–water partition coefficient (Wildman–Crippen LogP) is 5.10. The largest absolute Gasteiger partial charge is 0.0619 e. The van der Waals surface area contributed by atoms with Gasteiger partial charge in [0.05, 0.1) is 0 Å². The lowest BCUT2D eigenvalue weighted by atomic mass is 9.92. The molecular formula is C19H20. The van der Waals surface area contributed by atoms with Gasteiger partial charge in [0.2, 0.25) is 0 Å². The molecule has 2 aromatic carbocycles. The average Bonchev–Trinajstić information content (AvgIpc) is 2.74. The second-order valence-corrected chi connectivity index (χ2v) is 5.62. The van der Waals surface area contributed by atoms with Crippen molar-refractivity contribution in [1.29, 1.82) is 0 Å². The lowest BCUT2D eigenvalue weighted by Crippen LogP contribution is -1.95. The Morgan fingerprint density at radius 1 is 0.737 bits per heavy atom. The van der Waals surface area contributed by atoms with Crippen LogP contribution in [0.4, 0.5) is 0 Å². The van der Waals surface area contributed by atoms with E-state index < -0.39 is 0 Å². The van der Waals surface area contributed by atoms with E-state index in [1.165, 1.54) is 44.5 Å². The fourth-order valence-corrected chi connectivity index (χ4v) is 3.11. The quantitative estimate of drug-likeness (QED) is 0.658. The Morgan fingerprint density at radius 2 is 1.47 bits per heavy atom. The molecule has 1 aliphatic rings. The van der Waals surface area contributed by atoms with Crippen molar-refractivity contribution in [2.24, 2.45) is 0 Å². The van der Waals surface area contributed by atoms with E-state index >= 15 is 0 Å². The summed E-state index contributed by atoms with van der Waals surface area (Å²) in [6.07, 6.45) is 1.07. The highest BCUT2D eigenvalue weighted by Gasteiger charge is 2.20. The molecule has 3 rings (SSSR count). The molecule has 0 aromatic heterocycles. The zero-order valence-electron chi connectivity index (χ0n) is 12.2. The van der Waals surface area contributed by atoms with Crippen molar-refractivity contribution in [3.8, 4) is 0 Å². The van der Waals surface area contributed by atoms with Crippen molar-refractivity contribution in [1.82, 2.24) is 0 Å². The van der Waals surface area contributed by atoms with Crippen molar-refractivity contribution in [3.63, 3.8) is 0 Å². The van der Waals surface area contributed by atoms with E-state index in [0.717, 1.165) is 6.42 Å². The molecule has 0 heterocycles. The molecule has 0 fully saturated rings. The molecule has 0 atom stereocenters. The minimum absolute atomic E-state index is 1.07. The molecule has 2 aromatic rings. The van der Waals surface area contributed by atoms with E-state index in [4.69, 9.17) is 0 Å². The van der Waals surface area contributed by atoms with Crippen LogP contribution in [0.25, 0.3) is 11.1 Å². The van der Waals surface area contributed by atoms with Gasteiger partial charge < -0.3 is 0 Å². The molecule has 96 valence electrons. The van der Waals surface area contributed by atoms with Crippen molar-refractivity contribution in [2.75, 3.05) is 0 Å². The molecule has 0 saturated heterocycles. The van der Waals surface area contributed by atoms with E-state index in [2.05, 4.69) is 64.1 Å². The van der Waals surface area contributed by atoms with Crippen LogP contribution in [0.3, 0.4) is 0 Å². The Kier molecular flexibility index (Phi) is 2.82. The van der Waals surface area contributed by atoms with E-state index in [9.17, 15) is 0 Å². The summed E-state index contributed by atoms with van der Waals surface area (Å²) in [7, 11) is 0. The number of fused-ring (bicyclic) bond motifs is 1. The smallest absolute Gasteiger partial charge is 0.00108 e. The summed E-state index contributed by atoms with van der Waals surface area (Å²) in [6, 6.07) is 13.3. The Labute approximate surface area is 115 Å². The second kappa shape index (κ2) is 4.38. The third-order valence-corrected chi connectivity index (χ3v) is 4.62. The van der Waals surface area contributed by atoms with Gasteiger partial charge in [-0.15, -0.1) is 0 Å². The van der Waals surface area contributed by atoms with Crippen molar-refractivity contribution in [2.45, 2.75) is 34.1 Å². The van der Waals surface area contributed by atoms with Gasteiger partial charge in [0, 0.05) is 0 Å². The molecule has 1 aliphatic carbocycles. The summed E-state index contributed by atoms with van der Waals surface area (Å²) >= 11 is 0. The summed E-state index contributed by atoms with van der Waals surface area (Å²) in [5, 5.41) is 0. The standard InChI is InChI=1S/C19H20/c1-12-9-10-18(14(3)13(12)2)19-11-16-7-5-6-8-17(16)15(19)4/h5-10H,11H2,1-4H3. The Hall–Kier alpha value is -1.82. The van der Waals surface area contributed by atoms with Gasteiger partial charge in [-0.3, -0.25) is 0 Å². The maximum atomic E-state index is 2.29. The lowest BCUT2D eigenvalue weighted by Gasteiger charge is -2.13. The number of hydrogen-bond donors (Lipinski definition) is 0. The molecule has 0 aliphatic heterocycles. The average molecular weight is 248 g/mol. The van der Waals surface area contributed by atoms with E-state index in [1.54, 1.807) is 0 Å². The van der Waals surface area contributed by atoms with Crippen LogP contribution in [0.5, 0.6) is 0 Å². The van der Waals surface area contributed by atoms with Crippen LogP contribution in [-0.2, 0) is 6.42 Å². The monoisotopic (exact) mass is 248 g/mol. The normalized spacial score (nSPS) is 13.9. The van der Waals surface area contributed by atoms with Crippen LogP contribution >= 0.6 is 0 Å². The van der Waals surface area contributed by atoms with Gasteiger partial charge in [-0.2, -0.15) is 0 Å². The van der Waals surface area contributed by atoms with E-state index in [-0.39, 0.29) is 0 Å². The number of aryl methyl sites for hydroxylation is 1. The lowest BCUT2D eigenvalue weighted by molar-refractivity contribution is 1.23. The SMILES string of the molecule is CC1=C(c2ccc(C)c(C)c2C)Cc2ccccc21. The third-order valence-electron chi connectivity index (χ3n) is 4.62. The Bertz CT molecular complexity index is 687. The predicted molar refractivity (Wildman–Crippen MR) is 83.3 cm³/mol. The fraction of sp³-hybridized carbons (Fsp3) is 0.263. The first-order valence-electron chi connectivity index (χ1n) is 6.95. The highest BCUT2D eigenvalue weighted by atomic mass is 14.2. The van der Waals surface area contributed by atoms with Gasteiger partial charge in [-0.05, 0) is 78.6 Å². The van der Waals surface area contributed by atoms with Crippen LogP contribution in [0.15, 0.2) is 36.4 Å². The molecule has 0 nitrogen and oxygen atoms in total. The zero-order valence-corrected chi connectivity index (χ0v) is 12.2. The van der Waals surface area contributed by atoms with Gasteiger partial charge in [-0.25, -0.2) is 0 Å². The first kappa shape index (κ1) is 12.2. The minimum atomic E-state index is 1.07. The molecule has 19 heavy (non-hydrogen) atoms. The van der Waals surface area contributed by atoms with Crippen LogP contribution in [0, 0.1) is 20.8 Å². The highest BCUT2D eigenvalue weighted by Crippen LogP contribution is 2.39. The zero-order chi connectivity index (χ0) is 13.6. The summed E-state index contributed by atoms with van der Waals surface area (Å²) in [5.41, 5.74) is 11.5. The first-order valence-corrected chi connectivity index (χ1v) is 6.95. The van der Waals surface area contributed by atoms with Crippen molar-refractivity contribution in [3.05, 3.63) is 69.8 Å². The maximum Gasteiger partial charge on any atom is -0.00108 e. The molecular weight excluding hydrogens is 228 g/mol. The minimum Gasteiger partial charge on any atom is -0.0619 e. The van der Waals surface area contributed by atoms with Gasteiger partial charge >= 0.3 is 0 Å². The molecule has 0 bridgehead atoms. The molecule has 0 saturated carbocycles. The second-order valence-electron chi connectivity index (χ2n) is 5.62. The van der Waals surface area contributed by atoms with Crippen LogP contribution in [-0.4, -0.2) is 0 Å². The molecule has 0 unspecified atom stereocenters. The summed E-state index contributed by atoms with van der Waals surface area (Å²) in [6.45, 7) is 8.93. The van der Waals surface area contributed by atoms with Gasteiger partial charge in [0.15, 0.2) is 0 Å². The first-order chi connectivity index (χ1) is 9.09. The summed E-state index contributed by atoms with van der Waals surface area (Å²) < 4.78 is 0. The van der Waals surface area contributed by atoms with Crippen LogP contribution < -0.4 is 0 Å². The summed E-state index contributed by atoms with van der Waals surface area (Å²) in [4.78, 5) is 0. The fourth-order valence-electron chi connectivity index (χ4n) is 3.11. The van der Waals surface area contributed by atoms with E-state index in [0.29, 0.717) is 0 Å². The van der Waals surface area contributed by atoms with Crippen molar-refractivity contribution < 1.29 is 0 Å². The molecule has 0 radical (unpaired) electrons. The molecule has 0 N–H and O–H groups in total. The Morgan fingerprint density at radius 3 is 2.21 bits per heavy atom. The van der Waals surface area contributed by atoms with Gasteiger partial charge in [0.25, 0.3) is 0 Å². The van der Waals surface area contributed by atoms with Crippen molar-refractivity contribution >= 4 is 11.1 Å². The molecule has 0 amide bonds. The number of hydrogen-bond acceptors (Lipinski definition) is 0. The Balaban J connectivity index is 2.16. The number of allylic oxidation sites excluding steroid dienone is 2. The summed E-state index contributed by atoms with van der Waals surface area (Å²) in [5.74, 6) is 0. The molecule has 0 spiro atoms. The topological polar surface area (TPSA) is 0 Å². The van der Waals surface area contributed by atoms with Gasteiger partial charge in [-0.1, -0.05) is 36.4 Å². The number of rotatable bonds is 1. The highest BCUT2D eigenvalue weighted by molar-refractivity contribution is 5.97. The van der Waals surface area contributed by atoms with Gasteiger partial charge in [0.1, 0.15) is 0 Å². The number of benzene rings is 2. The maximum absolute atomic E-state index is 2.29. The van der Waals surface area contributed by atoms with Crippen LogP contribution in [0.1, 0.15) is 40.3 Å².